The number of esters is 1. The fourth-order valence-electron chi connectivity index (χ4n) is 11.0. The van der Waals surface area contributed by atoms with Crippen LogP contribution < -0.4 is 10.2 Å². The third-order valence-corrected chi connectivity index (χ3v) is 18.0. The number of likely N-dealkylation sites (N-methyl/N-ethyl adjacent to an activating group) is 1. The van der Waals surface area contributed by atoms with E-state index in [9.17, 15) is 19.0 Å². The van der Waals surface area contributed by atoms with Gasteiger partial charge in [0.05, 0.1) is 33.8 Å². The molecule has 9 nitrogen and oxygen atoms in total. The van der Waals surface area contributed by atoms with E-state index in [1.807, 2.05) is 33.3 Å². The van der Waals surface area contributed by atoms with Gasteiger partial charge >= 0.3 is 5.97 Å². The maximum absolute atomic E-state index is 13.6. The van der Waals surface area contributed by atoms with Crippen LogP contribution in [0.5, 0.6) is 0 Å². The monoisotopic (exact) mass is 1290 g/mol. The third-order valence-electron chi connectivity index (χ3n) is 17.0. The Kier molecular flexibility index (Phi) is 67.4. The van der Waals surface area contributed by atoms with Crippen molar-refractivity contribution >= 4 is 19.7 Å². The highest BCUT2D eigenvalue weighted by Crippen LogP contribution is 2.38. The molecule has 91 heavy (non-hydrogen) atoms. The Morgan fingerprint density at radius 1 is 0.385 bits per heavy atom. The normalized spacial score (nSPS) is 14.0. The Morgan fingerprint density at radius 2 is 0.670 bits per heavy atom. The second kappa shape index (κ2) is 69.8. The largest absolute Gasteiger partial charge is 0.756 e. The summed E-state index contributed by atoms with van der Waals surface area (Å²) in [5, 5.41) is 3.05. The standard InChI is InChI=1S/C81H147N2O7P/c1-7-10-13-16-19-22-25-27-29-31-33-35-37-39-41-43-45-47-49-51-53-55-58-61-64-67-70-73-80(84)82-78(77-89-91(86,87)88-76-75-83(4,5)6)79(72-69-66-63-60-57-24-21-18-15-12-9-3)90-81(85)74-71-68-65-62-59-56-54-52-50-48-46-44-42-40-38-36-34-32-30-28-26-23-20-17-14-11-8-2/h19-20,22-23,27-30,33-36,40,42,69,72,78-79H,7-18,21,24-26,31-32,37-39,41,43-68,70-71,73-77H2,1-6H3,(H-,82,84,86,87)/b22-19-,23-20-,29-27-,30-28-,35-33-,36-34-,42-40-,72-69+. The summed E-state index contributed by atoms with van der Waals surface area (Å²) in [7, 11) is 1.18. The average molecular weight is 1290 g/mol. The van der Waals surface area contributed by atoms with Gasteiger partial charge in [-0.15, -0.1) is 0 Å². The molecule has 0 aliphatic heterocycles. The summed E-state index contributed by atoms with van der Waals surface area (Å²) in [5.41, 5.74) is 0. The van der Waals surface area contributed by atoms with Crippen molar-refractivity contribution in [1.29, 1.82) is 0 Å². The number of phosphoric ester groups is 1. The number of nitrogens with zero attached hydrogens (tertiary/aromatic N) is 1. The fourth-order valence-corrected chi connectivity index (χ4v) is 11.8. The minimum Gasteiger partial charge on any atom is -0.756 e. The van der Waals surface area contributed by atoms with Crippen LogP contribution in [0.1, 0.15) is 355 Å². The van der Waals surface area contributed by atoms with Crippen molar-refractivity contribution in [3.8, 4) is 0 Å². The van der Waals surface area contributed by atoms with Gasteiger partial charge in [-0.1, -0.05) is 324 Å². The van der Waals surface area contributed by atoms with Crippen LogP contribution in [-0.2, 0) is 27.9 Å². The summed E-state index contributed by atoms with van der Waals surface area (Å²) in [4.78, 5) is 40.3. The van der Waals surface area contributed by atoms with Gasteiger partial charge in [0.2, 0.25) is 5.91 Å². The van der Waals surface area contributed by atoms with Crippen molar-refractivity contribution in [2.75, 3.05) is 40.9 Å². The second-order valence-corrected chi connectivity index (χ2v) is 28.6. The van der Waals surface area contributed by atoms with Crippen LogP contribution in [0.3, 0.4) is 0 Å². The molecule has 0 aliphatic rings. The van der Waals surface area contributed by atoms with E-state index in [-0.39, 0.29) is 24.9 Å². The number of unbranched alkanes of at least 4 members (excludes halogenated alkanes) is 40. The Bertz CT molecular complexity index is 1880. The Labute approximate surface area is 564 Å². The van der Waals surface area contributed by atoms with Gasteiger partial charge in [-0.05, 0) is 115 Å². The number of ether oxygens (including phenoxy) is 1. The number of carbonyl (C=O) groups excluding carboxylic acids is 2. The molecule has 0 spiro atoms. The van der Waals surface area contributed by atoms with Crippen LogP contribution in [0.2, 0.25) is 0 Å². The highest BCUT2D eigenvalue weighted by Gasteiger charge is 2.27. The van der Waals surface area contributed by atoms with E-state index >= 15 is 0 Å². The molecular formula is C81H147N2O7P. The molecular weight excluding hydrogens is 1140 g/mol. The van der Waals surface area contributed by atoms with Crippen LogP contribution in [0, 0.1) is 0 Å². The average Bonchev–Trinajstić information content (AvgIpc) is 3.03. The minimum absolute atomic E-state index is 0.0253. The van der Waals surface area contributed by atoms with E-state index in [2.05, 4.69) is 111 Å². The molecule has 1 N–H and O–H groups in total. The topological polar surface area (TPSA) is 114 Å². The van der Waals surface area contributed by atoms with E-state index in [4.69, 9.17) is 13.8 Å². The van der Waals surface area contributed by atoms with Crippen molar-refractivity contribution in [2.24, 2.45) is 0 Å². The van der Waals surface area contributed by atoms with E-state index in [1.165, 1.54) is 231 Å². The van der Waals surface area contributed by atoms with Gasteiger partial charge in [0.1, 0.15) is 19.3 Å². The van der Waals surface area contributed by atoms with Gasteiger partial charge in [-0.2, -0.15) is 0 Å². The lowest BCUT2D eigenvalue weighted by molar-refractivity contribution is -0.870. The first-order chi connectivity index (χ1) is 44.4. The maximum Gasteiger partial charge on any atom is 0.306 e. The number of rotatable bonds is 70. The van der Waals surface area contributed by atoms with Crippen molar-refractivity contribution in [1.82, 2.24) is 5.32 Å². The van der Waals surface area contributed by atoms with Crippen LogP contribution in [-0.4, -0.2) is 69.4 Å². The zero-order valence-electron chi connectivity index (χ0n) is 60.5. The molecule has 0 saturated heterocycles. The summed E-state index contributed by atoms with van der Waals surface area (Å²) in [6, 6.07) is -0.895. The Morgan fingerprint density at radius 3 is 1.02 bits per heavy atom. The van der Waals surface area contributed by atoms with E-state index in [0.29, 0.717) is 17.4 Å². The number of amides is 1. The van der Waals surface area contributed by atoms with Crippen LogP contribution >= 0.6 is 7.82 Å². The molecule has 0 heterocycles. The number of nitrogens with one attached hydrogen (secondary N) is 1. The zero-order valence-corrected chi connectivity index (χ0v) is 61.4. The lowest BCUT2D eigenvalue weighted by Crippen LogP contribution is -2.47. The molecule has 0 radical (unpaired) electrons. The predicted octanol–water partition coefficient (Wildman–Crippen LogP) is 24.4. The van der Waals surface area contributed by atoms with Gasteiger partial charge in [-0.25, -0.2) is 0 Å². The summed E-state index contributed by atoms with van der Waals surface area (Å²) in [6.07, 6.45) is 95.4. The first kappa shape index (κ1) is 87.9. The second-order valence-electron chi connectivity index (χ2n) is 27.1. The number of hydrogen-bond donors (Lipinski definition) is 1. The molecule has 0 rings (SSSR count). The van der Waals surface area contributed by atoms with Crippen molar-refractivity contribution in [3.63, 3.8) is 0 Å². The predicted molar refractivity (Wildman–Crippen MR) is 394 cm³/mol. The SMILES string of the molecule is CCCCC/C=C\C/C=C\C/C=C\C/C=C\CCCCCCCCCCCCCC(=O)OC(/C=C/CCCCCCCCCCC)C(COP(=O)([O-])OCC[N+](C)(C)C)NC(=O)CCCCCCCCCCCCCCCC/C=C\C/C=C\C/C=C\CCCCC. The molecule has 0 fully saturated rings. The molecule has 1 amide bonds. The van der Waals surface area contributed by atoms with E-state index < -0.39 is 26.6 Å². The molecule has 0 aromatic rings. The summed E-state index contributed by atoms with van der Waals surface area (Å²) in [5.74, 6) is -0.538. The summed E-state index contributed by atoms with van der Waals surface area (Å²) >= 11 is 0. The van der Waals surface area contributed by atoms with Crippen molar-refractivity contribution in [2.45, 2.75) is 367 Å². The quantitative estimate of drug-likeness (QED) is 0.0212. The maximum atomic E-state index is 13.6. The molecule has 0 saturated carbocycles. The lowest BCUT2D eigenvalue weighted by Gasteiger charge is -2.30. The summed E-state index contributed by atoms with van der Waals surface area (Å²) < 4.78 is 30.5. The van der Waals surface area contributed by atoms with E-state index in [0.717, 1.165) is 89.9 Å². The van der Waals surface area contributed by atoms with E-state index in [1.54, 1.807) is 0 Å². The smallest absolute Gasteiger partial charge is 0.306 e. The Balaban J connectivity index is 4.93. The minimum atomic E-state index is -4.71. The third kappa shape index (κ3) is 71.1. The van der Waals surface area contributed by atoms with Gasteiger partial charge < -0.3 is 28.5 Å². The molecule has 10 heteroatoms. The van der Waals surface area contributed by atoms with Crippen molar-refractivity contribution < 1.29 is 37.3 Å². The molecule has 0 bridgehead atoms. The number of quaternary nitrogens is 1. The number of carbonyl (C=O) groups is 2. The van der Waals surface area contributed by atoms with Crippen molar-refractivity contribution in [3.05, 3.63) is 97.2 Å². The van der Waals surface area contributed by atoms with Gasteiger partial charge in [0.25, 0.3) is 7.82 Å². The van der Waals surface area contributed by atoms with Gasteiger partial charge in [-0.3, -0.25) is 14.2 Å². The Hall–Kier alpha value is -3.07. The molecule has 3 unspecified atom stereocenters. The molecule has 3 atom stereocenters. The zero-order chi connectivity index (χ0) is 66.3. The van der Waals surface area contributed by atoms with Gasteiger partial charge in [0.15, 0.2) is 0 Å². The van der Waals surface area contributed by atoms with Crippen LogP contribution in [0.25, 0.3) is 0 Å². The molecule has 0 aromatic heterocycles. The molecule has 0 aliphatic carbocycles. The highest BCUT2D eigenvalue weighted by atomic mass is 31.2. The number of hydrogen-bond acceptors (Lipinski definition) is 7. The number of allylic oxidation sites excluding steroid dienone is 15. The molecule has 0 aromatic carbocycles. The van der Waals surface area contributed by atoms with Crippen LogP contribution in [0.15, 0.2) is 97.2 Å². The highest BCUT2D eigenvalue weighted by molar-refractivity contribution is 7.45. The lowest BCUT2D eigenvalue weighted by atomic mass is 10.0. The number of phosphoric acid groups is 1. The first-order valence-corrected chi connectivity index (χ1v) is 40.0. The molecule has 528 valence electrons. The fraction of sp³-hybridized carbons (Fsp3) is 0.778. The first-order valence-electron chi connectivity index (χ1n) is 38.5. The van der Waals surface area contributed by atoms with Crippen LogP contribution in [0.4, 0.5) is 0 Å². The summed E-state index contributed by atoms with van der Waals surface area (Å²) in [6.45, 7) is 6.81. The van der Waals surface area contributed by atoms with Gasteiger partial charge in [0, 0.05) is 12.8 Å².